The van der Waals surface area contributed by atoms with E-state index in [2.05, 4.69) is 104 Å². The van der Waals surface area contributed by atoms with Crippen molar-refractivity contribution < 1.29 is 18.6 Å². The van der Waals surface area contributed by atoms with E-state index in [9.17, 15) is 0 Å². The van der Waals surface area contributed by atoms with Gasteiger partial charge in [-0.15, -0.1) is 0 Å². The molecule has 2 aliphatic rings. The van der Waals surface area contributed by atoms with Crippen molar-refractivity contribution in [3.63, 3.8) is 0 Å². The van der Waals surface area contributed by atoms with Crippen LogP contribution in [0, 0.1) is 0 Å². The third kappa shape index (κ3) is 4.07. The molecule has 2 heterocycles. The first-order valence-electron chi connectivity index (χ1n) is 11.7. The summed E-state index contributed by atoms with van der Waals surface area (Å²) >= 11 is 0. The lowest BCUT2D eigenvalue weighted by molar-refractivity contribution is 0.00578. The Balaban J connectivity index is 1.84. The summed E-state index contributed by atoms with van der Waals surface area (Å²) in [7, 11) is -0.877. The maximum absolute atomic E-state index is 6.61. The second kappa shape index (κ2) is 8.02. The molecule has 2 saturated heterocycles. The average molecular weight is 434 g/mol. The quantitative estimate of drug-likeness (QED) is 0.557. The van der Waals surface area contributed by atoms with Crippen molar-refractivity contribution in [2.24, 2.45) is 0 Å². The molecular formula is C26H36B2O4. The van der Waals surface area contributed by atoms with E-state index in [1.165, 1.54) is 0 Å². The summed E-state index contributed by atoms with van der Waals surface area (Å²) < 4.78 is 26.5. The van der Waals surface area contributed by atoms with Gasteiger partial charge < -0.3 is 18.6 Å². The summed E-state index contributed by atoms with van der Waals surface area (Å²) in [6.45, 7) is 16.8. The Morgan fingerprint density at radius 1 is 0.469 bits per heavy atom. The number of hydrogen-bond acceptors (Lipinski definition) is 4. The van der Waals surface area contributed by atoms with Gasteiger partial charge in [0, 0.05) is 11.6 Å². The van der Waals surface area contributed by atoms with E-state index in [-0.39, 0.29) is 11.6 Å². The predicted octanol–water partition coefficient (Wildman–Crippen LogP) is 5.82. The van der Waals surface area contributed by atoms with Crippen LogP contribution in [0.4, 0.5) is 0 Å². The summed E-state index contributed by atoms with van der Waals surface area (Å²) in [5.74, 6) is -0.233. The molecule has 0 radical (unpaired) electrons. The van der Waals surface area contributed by atoms with E-state index in [4.69, 9.17) is 18.6 Å². The lowest BCUT2D eigenvalue weighted by Crippen LogP contribution is -2.41. The highest BCUT2D eigenvalue weighted by atomic mass is 16.7. The Kier molecular flexibility index (Phi) is 5.90. The normalized spacial score (nSPS) is 25.0. The summed E-state index contributed by atoms with van der Waals surface area (Å²) in [5.41, 5.74) is 0.581. The van der Waals surface area contributed by atoms with Gasteiger partial charge in [0.2, 0.25) is 0 Å². The van der Waals surface area contributed by atoms with Gasteiger partial charge in [0.15, 0.2) is 0 Å². The van der Waals surface area contributed by atoms with Crippen molar-refractivity contribution in [3.8, 4) is 0 Å². The van der Waals surface area contributed by atoms with Crippen LogP contribution in [0.3, 0.4) is 0 Å². The van der Waals surface area contributed by atoms with Crippen molar-refractivity contribution in [1.29, 1.82) is 0 Å². The van der Waals surface area contributed by atoms with Gasteiger partial charge in [-0.25, -0.2) is 0 Å². The van der Waals surface area contributed by atoms with Crippen LogP contribution in [0.2, 0.25) is 0 Å². The second-order valence-electron chi connectivity index (χ2n) is 11.1. The van der Waals surface area contributed by atoms with Crippen LogP contribution < -0.4 is 0 Å². The zero-order valence-electron chi connectivity index (χ0n) is 20.7. The number of rotatable bonds is 5. The minimum Gasteiger partial charge on any atom is -0.403 e. The Hall–Kier alpha value is -1.59. The molecule has 4 rings (SSSR count). The van der Waals surface area contributed by atoms with Gasteiger partial charge in [-0.2, -0.15) is 0 Å². The molecule has 0 saturated carbocycles. The van der Waals surface area contributed by atoms with Crippen LogP contribution >= 0.6 is 0 Å². The topological polar surface area (TPSA) is 36.9 Å². The van der Waals surface area contributed by atoms with E-state index in [1.54, 1.807) is 0 Å². The van der Waals surface area contributed by atoms with Crippen LogP contribution in [0.25, 0.3) is 0 Å². The fourth-order valence-electron chi connectivity index (χ4n) is 4.49. The van der Waals surface area contributed by atoms with E-state index in [1.807, 2.05) is 12.1 Å². The molecule has 2 atom stereocenters. The molecule has 0 N–H and O–H groups in total. The first kappa shape index (κ1) is 23.6. The second-order valence-corrected chi connectivity index (χ2v) is 11.1. The van der Waals surface area contributed by atoms with Crippen LogP contribution in [0.1, 0.15) is 78.2 Å². The van der Waals surface area contributed by atoms with Crippen molar-refractivity contribution in [1.82, 2.24) is 0 Å². The monoisotopic (exact) mass is 434 g/mol. The van der Waals surface area contributed by atoms with E-state index < -0.39 is 36.6 Å². The van der Waals surface area contributed by atoms with Crippen molar-refractivity contribution in [2.75, 3.05) is 0 Å². The van der Waals surface area contributed by atoms with E-state index in [0.29, 0.717) is 0 Å². The van der Waals surface area contributed by atoms with Gasteiger partial charge in [0.25, 0.3) is 0 Å². The summed E-state index contributed by atoms with van der Waals surface area (Å²) in [4.78, 5) is 0. The summed E-state index contributed by atoms with van der Waals surface area (Å²) in [5, 5.41) is 0. The standard InChI is InChI=1S/C26H36B2O4/c1-23(2)24(3,4)30-27(29-23)21(19-15-11-9-12-16-19)22(20-17-13-10-14-18-20)28-31-25(5,6)26(7,8)32-28/h9-18,21-22H,1-8H3/t21-,22-/m0/s1. The maximum atomic E-state index is 6.61. The molecule has 0 spiro atoms. The third-order valence-electron chi connectivity index (χ3n) is 7.89. The summed E-state index contributed by atoms with van der Waals surface area (Å²) in [6, 6.07) is 21.0. The van der Waals surface area contributed by atoms with E-state index in [0.717, 1.165) is 11.1 Å². The molecule has 2 aromatic carbocycles. The summed E-state index contributed by atoms with van der Waals surface area (Å²) in [6.07, 6.45) is 0. The molecule has 0 unspecified atom stereocenters. The predicted molar refractivity (Wildman–Crippen MR) is 131 cm³/mol. The van der Waals surface area contributed by atoms with Crippen LogP contribution in [-0.2, 0) is 18.6 Å². The van der Waals surface area contributed by atoms with Crippen molar-refractivity contribution in [3.05, 3.63) is 71.8 Å². The van der Waals surface area contributed by atoms with Gasteiger partial charge in [-0.05, 0) is 66.5 Å². The lowest BCUT2D eigenvalue weighted by atomic mass is 9.49. The highest BCUT2D eigenvalue weighted by molar-refractivity contribution is 6.55. The van der Waals surface area contributed by atoms with Crippen LogP contribution in [0.5, 0.6) is 0 Å². The van der Waals surface area contributed by atoms with E-state index >= 15 is 0 Å². The third-order valence-corrected chi connectivity index (χ3v) is 7.89. The molecule has 2 fully saturated rings. The van der Waals surface area contributed by atoms with Crippen LogP contribution in [-0.4, -0.2) is 36.6 Å². The minimum atomic E-state index is -0.438. The van der Waals surface area contributed by atoms with Gasteiger partial charge in [-0.1, -0.05) is 60.7 Å². The Labute approximate surface area is 194 Å². The van der Waals surface area contributed by atoms with Crippen LogP contribution in [0.15, 0.2) is 60.7 Å². The molecule has 0 bridgehead atoms. The fraction of sp³-hybridized carbons (Fsp3) is 0.538. The molecule has 0 amide bonds. The molecule has 32 heavy (non-hydrogen) atoms. The van der Waals surface area contributed by atoms with Crippen molar-refractivity contribution in [2.45, 2.75) is 89.4 Å². The molecule has 0 aliphatic carbocycles. The molecule has 0 aromatic heterocycles. The molecule has 4 nitrogen and oxygen atoms in total. The Morgan fingerprint density at radius 3 is 0.969 bits per heavy atom. The number of hydrogen-bond donors (Lipinski definition) is 0. The highest BCUT2D eigenvalue weighted by Gasteiger charge is 2.61. The minimum absolute atomic E-state index is 0.116. The molecule has 2 aliphatic heterocycles. The largest absolute Gasteiger partial charge is 0.465 e. The van der Waals surface area contributed by atoms with Gasteiger partial charge in [0.1, 0.15) is 0 Å². The zero-order valence-corrected chi connectivity index (χ0v) is 20.7. The molecule has 170 valence electrons. The van der Waals surface area contributed by atoms with Crippen molar-refractivity contribution >= 4 is 14.2 Å². The maximum Gasteiger partial charge on any atom is 0.465 e. The smallest absolute Gasteiger partial charge is 0.403 e. The Morgan fingerprint density at radius 2 is 0.719 bits per heavy atom. The first-order valence-corrected chi connectivity index (χ1v) is 11.7. The average Bonchev–Trinajstić information content (AvgIpc) is 3.06. The first-order chi connectivity index (χ1) is 14.8. The molecule has 6 heteroatoms. The Bertz CT molecular complexity index is 818. The fourth-order valence-corrected chi connectivity index (χ4v) is 4.49. The van der Waals surface area contributed by atoms with Gasteiger partial charge in [-0.3, -0.25) is 0 Å². The van der Waals surface area contributed by atoms with Gasteiger partial charge >= 0.3 is 14.2 Å². The molecular weight excluding hydrogens is 398 g/mol. The number of benzene rings is 2. The highest BCUT2D eigenvalue weighted by Crippen LogP contribution is 2.49. The zero-order chi connectivity index (χ0) is 23.4. The lowest BCUT2D eigenvalue weighted by Gasteiger charge is -2.32. The van der Waals surface area contributed by atoms with Gasteiger partial charge in [0.05, 0.1) is 22.4 Å². The molecule has 2 aromatic rings. The SMILES string of the molecule is CC1(C)OB([C@@H](c2ccccc2)[C@@H](B2OC(C)(C)C(C)(C)O2)c2ccccc2)OC1(C)C.